The van der Waals surface area contributed by atoms with Gasteiger partial charge in [-0.3, -0.25) is 4.79 Å². The highest BCUT2D eigenvalue weighted by atomic mass is 35.5. The number of nitrogens with zero attached hydrogens (tertiary/aromatic N) is 1. The maximum atomic E-state index is 12.3. The number of halogens is 2. The number of hydrogen-bond donors (Lipinski definition) is 1. The first-order valence-electron chi connectivity index (χ1n) is 7.04. The lowest BCUT2D eigenvalue weighted by Crippen LogP contribution is -2.49. The average molecular weight is 333 g/mol. The molecule has 118 valence electrons. The summed E-state index contributed by atoms with van der Waals surface area (Å²) < 4.78 is 5.75. The van der Waals surface area contributed by atoms with Gasteiger partial charge >= 0.3 is 0 Å². The van der Waals surface area contributed by atoms with E-state index >= 15 is 0 Å². The molecule has 0 radical (unpaired) electrons. The monoisotopic (exact) mass is 332 g/mol. The molecule has 0 aliphatic carbocycles. The molecule has 1 aliphatic rings. The molecule has 1 aliphatic heterocycles. The number of carbonyl (C=O) groups is 1. The van der Waals surface area contributed by atoms with Gasteiger partial charge in [-0.1, -0.05) is 43.1 Å². The lowest BCUT2D eigenvalue weighted by molar-refractivity contribution is -0.140. The van der Waals surface area contributed by atoms with Crippen LogP contribution in [0.1, 0.15) is 31.4 Å². The number of ether oxygens (including phenoxy) is 1. The van der Waals surface area contributed by atoms with Crippen LogP contribution in [-0.4, -0.2) is 36.5 Å². The van der Waals surface area contributed by atoms with Crippen LogP contribution in [0.15, 0.2) is 24.3 Å². The fourth-order valence-electron chi connectivity index (χ4n) is 2.44. The van der Waals surface area contributed by atoms with Gasteiger partial charge in [-0.2, -0.15) is 0 Å². The third-order valence-electron chi connectivity index (χ3n) is 3.55. The van der Waals surface area contributed by atoms with Crippen molar-refractivity contribution in [3.8, 4) is 0 Å². The van der Waals surface area contributed by atoms with Gasteiger partial charge in [-0.25, -0.2) is 0 Å². The zero-order valence-corrected chi connectivity index (χ0v) is 13.7. The number of nitrogens with two attached hydrogens (primary N) is 1. The van der Waals surface area contributed by atoms with E-state index in [1.165, 1.54) is 0 Å². The van der Waals surface area contributed by atoms with E-state index in [1.807, 2.05) is 31.2 Å². The Hall–Kier alpha value is -0.810. The predicted molar refractivity (Wildman–Crippen MR) is 86.9 cm³/mol. The third-order valence-corrected chi connectivity index (χ3v) is 3.89. The molecule has 1 aromatic rings. The van der Waals surface area contributed by atoms with Crippen LogP contribution < -0.4 is 5.73 Å². The topological polar surface area (TPSA) is 55.6 Å². The van der Waals surface area contributed by atoms with Gasteiger partial charge < -0.3 is 15.4 Å². The first kappa shape index (κ1) is 18.2. The molecule has 4 nitrogen and oxygen atoms in total. The minimum Gasteiger partial charge on any atom is -0.370 e. The molecule has 0 saturated carbocycles. The lowest BCUT2D eigenvalue weighted by atomic mass is 10.1. The normalized spacial score (nSPS) is 19.8. The van der Waals surface area contributed by atoms with Crippen molar-refractivity contribution in [2.24, 2.45) is 5.73 Å². The Balaban J connectivity index is 0.00000220. The van der Waals surface area contributed by atoms with Crippen molar-refractivity contribution in [3.05, 3.63) is 34.9 Å². The summed E-state index contributed by atoms with van der Waals surface area (Å²) in [6, 6.07) is 7.17. The smallest absolute Gasteiger partial charge is 0.239 e. The average Bonchev–Trinajstić information content (AvgIpc) is 2.47. The maximum absolute atomic E-state index is 12.3. The second-order valence-electron chi connectivity index (χ2n) is 5.06. The van der Waals surface area contributed by atoms with Crippen molar-refractivity contribution in [1.29, 1.82) is 0 Å². The number of benzene rings is 1. The molecule has 2 rings (SSSR count). The molecule has 6 heteroatoms. The van der Waals surface area contributed by atoms with Gasteiger partial charge in [0.15, 0.2) is 0 Å². The van der Waals surface area contributed by atoms with Crippen LogP contribution in [0.4, 0.5) is 0 Å². The van der Waals surface area contributed by atoms with Crippen LogP contribution in [0.3, 0.4) is 0 Å². The molecule has 2 N–H and O–H groups in total. The molecule has 21 heavy (non-hydrogen) atoms. The molecule has 0 aromatic heterocycles. The van der Waals surface area contributed by atoms with Crippen LogP contribution in [0.2, 0.25) is 5.02 Å². The number of carbonyl (C=O) groups excluding carboxylic acids is 1. The minimum atomic E-state index is -0.412. The molecule has 1 heterocycles. The van der Waals surface area contributed by atoms with Gasteiger partial charge in [0.25, 0.3) is 0 Å². The fraction of sp³-hybridized carbons (Fsp3) is 0.533. The highest BCUT2D eigenvalue weighted by molar-refractivity contribution is 6.31. The van der Waals surface area contributed by atoms with E-state index in [1.54, 1.807) is 4.90 Å². The summed E-state index contributed by atoms with van der Waals surface area (Å²) in [6.45, 7) is 3.65. The third kappa shape index (κ3) is 4.58. The Morgan fingerprint density at radius 3 is 2.90 bits per heavy atom. The van der Waals surface area contributed by atoms with Crippen molar-refractivity contribution >= 4 is 29.9 Å². The number of amides is 1. The Kier molecular flexibility index (Phi) is 7.46. The van der Waals surface area contributed by atoms with E-state index in [0.29, 0.717) is 31.1 Å². The van der Waals surface area contributed by atoms with Gasteiger partial charge in [0.05, 0.1) is 19.2 Å². The molecule has 1 saturated heterocycles. The lowest BCUT2D eigenvalue weighted by Gasteiger charge is -2.34. The maximum Gasteiger partial charge on any atom is 0.239 e. The van der Waals surface area contributed by atoms with Gasteiger partial charge in [-0.15, -0.1) is 12.4 Å². The second kappa shape index (κ2) is 8.59. The van der Waals surface area contributed by atoms with E-state index in [0.717, 1.165) is 12.0 Å². The van der Waals surface area contributed by atoms with Crippen molar-refractivity contribution in [2.45, 2.75) is 31.9 Å². The summed E-state index contributed by atoms with van der Waals surface area (Å²) in [7, 11) is 0. The van der Waals surface area contributed by atoms with Crippen molar-refractivity contribution in [3.63, 3.8) is 0 Å². The zero-order valence-electron chi connectivity index (χ0n) is 12.1. The molecule has 1 fully saturated rings. The van der Waals surface area contributed by atoms with E-state index in [-0.39, 0.29) is 24.4 Å². The molecule has 0 bridgehead atoms. The van der Waals surface area contributed by atoms with Crippen LogP contribution in [-0.2, 0) is 9.53 Å². The molecular formula is C15H22Cl2N2O2. The second-order valence-corrected chi connectivity index (χ2v) is 5.47. The molecule has 0 spiro atoms. The quantitative estimate of drug-likeness (QED) is 0.922. The number of morpholine rings is 1. The summed E-state index contributed by atoms with van der Waals surface area (Å²) in [5.74, 6) is 0.00667. The Morgan fingerprint density at radius 1 is 1.52 bits per heavy atom. The summed E-state index contributed by atoms with van der Waals surface area (Å²) in [4.78, 5) is 14.1. The van der Waals surface area contributed by atoms with Crippen LogP contribution in [0.5, 0.6) is 0 Å². The highest BCUT2D eigenvalue weighted by Gasteiger charge is 2.28. The van der Waals surface area contributed by atoms with Crippen LogP contribution in [0.25, 0.3) is 0 Å². The molecule has 2 atom stereocenters. The van der Waals surface area contributed by atoms with Gasteiger partial charge in [0.2, 0.25) is 5.91 Å². The van der Waals surface area contributed by atoms with Crippen molar-refractivity contribution in [1.82, 2.24) is 4.90 Å². The summed E-state index contributed by atoms with van der Waals surface area (Å²) >= 11 is 6.19. The molecular weight excluding hydrogens is 311 g/mol. The summed E-state index contributed by atoms with van der Waals surface area (Å²) in [5.41, 5.74) is 6.84. The predicted octanol–water partition coefficient (Wildman–Crippen LogP) is 2.79. The van der Waals surface area contributed by atoms with E-state index in [9.17, 15) is 4.79 Å². The molecule has 1 aromatic carbocycles. The molecule has 2 unspecified atom stereocenters. The Bertz CT molecular complexity index is 471. The van der Waals surface area contributed by atoms with E-state index < -0.39 is 6.04 Å². The van der Waals surface area contributed by atoms with E-state index in [2.05, 4.69) is 0 Å². The summed E-state index contributed by atoms with van der Waals surface area (Å²) in [6.07, 6.45) is 1.45. The number of rotatable bonds is 4. The van der Waals surface area contributed by atoms with Gasteiger partial charge in [0, 0.05) is 17.1 Å². The van der Waals surface area contributed by atoms with Crippen LogP contribution >= 0.6 is 24.0 Å². The standard InChI is InChI=1S/C15H21ClN2O2.ClH/c1-2-5-13(17)15(19)18-8-9-20-14(10-18)11-6-3-4-7-12(11)16;/h3-4,6-7,13-14H,2,5,8-10,17H2,1H3;1H. The minimum absolute atomic E-state index is 0. The largest absolute Gasteiger partial charge is 0.370 e. The fourth-order valence-corrected chi connectivity index (χ4v) is 2.70. The van der Waals surface area contributed by atoms with Crippen molar-refractivity contribution < 1.29 is 9.53 Å². The number of hydrogen-bond acceptors (Lipinski definition) is 3. The Morgan fingerprint density at radius 2 is 2.24 bits per heavy atom. The van der Waals surface area contributed by atoms with E-state index in [4.69, 9.17) is 22.1 Å². The Labute approximate surface area is 137 Å². The summed E-state index contributed by atoms with van der Waals surface area (Å²) in [5, 5.41) is 0.671. The first-order chi connectivity index (χ1) is 9.63. The van der Waals surface area contributed by atoms with Gasteiger partial charge in [-0.05, 0) is 12.5 Å². The highest BCUT2D eigenvalue weighted by Crippen LogP contribution is 2.28. The zero-order chi connectivity index (χ0) is 14.5. The van der Waals surface area contributed by atoms with Crippen LogP contribution in [0, 0.1) is 0 Å². The SMILES string of the molecule is CCCC(N)C(=O)N1CCOC(c2ccccc2Cl)C1.Cl. The molecule has 1 amide bonds. The van der Waals surface area contributed by atoms with Gasteiger partial charge in [0.1, 0.15) is 6.10 Å². The first-order valence-corrected chi connectivity index (χ1v) is 7.41. The van der Waals surface area contributed by atoms with Crippen molar-refractivity contribution in [2.75, 3.05) is 19.7 Å².